The van der Waals surface area contributed by atoms with Gasteiger partial charge in [-0.25, -0.2) is 4.39 Å². The topological polar surface area (TPSA) is 9.23 Å². The molecule has 0 atom stereocenters. The molecule has 1 aromatic carbocycles. The Morgan fingerprint density at radius 3 is 2.40 bits per heavy atom. The van der Waals surface area contributed by atoms with Crippen molar-refractivity contribution in [3.05, 3.63) is 35.6 Å². The summed E-state index contributed by atoms with van der Waals surface area (Å²) in [6.45, 7) is 8.77. The molecular weight excluding hydrogens is 207 g/mol. The van der Waals surface area contributed by atoms with E-state index in [9.17, 15) is 4.39 Å². The van der Waals surface area contributed by atoms with Crippen LogP contribution in [0.1, 0.15) is 19.4 Å². The lowest BCUT2D eigenvalue weighted by Gasteiger charge is -2.26. The molecule has 0 heterocycles. The van der Waals surface area contributed by atoms with Gasteiger partial charge < -0.3 is 4.43 Å². The van der Waals surface area contributed by atoms with Crippen molar-refractivity contribution in [3.63, 3.8) is 0 Å². The van der Waals surface area contributed by atoms with Crippen LogP contribution in [0.2, 0.25) is 13.1 Å². The van der Waals surface area contributed by atoms with E-state index in [1.807, 2.05) is 26.0 Å². The summed E-state index contributed by atoms with van der Waals surface area (Å²) in [6, 6.07) is 6.91. The third-order valence-corrected chi connectivity index (χ3v) is 3.05. The van der Waals surface area contributed by atoms with Crippen LogP contribution >= 0.6 is 0 Å². The Morgan fingerprint density at radius 2 is 1.87 bits per heavy atom. The zero-order valence-electron chi connectivity index (χ0n) is 9.80. The van der Waals surface area contributed by atoms with Gasteiger partial charge in [0.25, 0.3) is 0 Å². The van der Waals surface area contributed by atoms with Gasteiger partial charge in [-0.2, -0.15) is 0 Å². The lowest BCUT2D eigenvalue weighted by Crippen LogP contribution is -2.28. The fourth-order valence-electron chi connectivity index (χ4n) is 1.41. The standard InChI is InChI=1S/C12H18FOSi/c1-12(2,9-14-15(3)4)10-7-5-6-8-11(10)13/h5-8H,9H2,1-4H3. The molecule has 0 saturated heterocycles. The van der Waals surface area contributed by atoms with Crippen LogP contribution in [0, 0.1) is 5.82 Å². The van der Waals surface area contributed by atoms with Crippen LogP contribution in [0.4, 0.5) is 4.39 Å². The maximum atomic E-state index is 13.6. The van der Waals surface area contributed by atoms with Gasteiger partial charge in [-0.1, -0.05) is 32.0 Å². The van der Waals surface area contributed by atoms with E-state index >= 15 is 0 Å². The van der Waals surface area contributed by atoms with Crippen LogP contribution in [-0.2, 0) is 9.84 Å². The van der Waals surface area contributed by atoms with Gasteiger partial charge in [0.15, 0.2) is 0 Å². The molecule has 0 unspecified atom stereocenters. The smallest absolute Gasteiger partial charge is 0.204 e. The Kier molecular flexibility index (Phi) is 4.05. The molecule has 1 radical (unpaired) electrons. The fraction of sp³-hybridized carbons (Fsp3) is 0.500. The van der Waals surface area contributed by atoms with Gasteiger partial charge in [0, 0.05) is 12.0 Å². The molecule has 0 N–H and O–H groups in total. The monoisotopic (exact) mass is 225 g/mol. The van der Waals surface area contributed by atoms with Crippen molar-refractivity contribution in [2.75, 3.05) is 6.61 Å². The van der Waals surface area contributed by atoms with E-state index in [4.69, 9.17) is 4.43 Å². The summed E-state index contributed by atoms with van der Waals surface area (Å²) in [7, 11) is -0.710. The van der Waals surface area contributed by atoms with Crippen LogP contribution in [0.5, 0.6) is 0 Å². The van der Waals surface area contributed by atoms with Gasteiger partial charge in [0.1, 0.15) is 5.82 Å². The van der Waals surface area contributed by atoms with Gasteiger partial charge in [-0.3, -0.25) is 0 Å². The molecule has 1 nitrogen and oxygen atoms in total. The molecule has 15 heavy (non-hydrogen) atoms. The molecule has 0 aromatic heterocycles. The van der Waals surface area contributed by atoms with E-state index in [0.717, 1.165) is 5.56 Å². The first-order valence-electron chi connectivity index (χ1n) is 5.11. The highest BCUT2D eigenvalue weighted by molar-refractivity contribution is 6.48. The van der Waals surface area contributed by atoms with E-state index in [1.54, 1.807) is 6.07 Å². The van der Waals surface area contributed by atoms with Crippen molar-refractivity contribution in [2.24, 2.45) is 0 Å². The zero-order valence-corrected chi connectivity index (χ0v) is 10.8. The molecule has 0 spiro atoms. The molecule has 0 amide bonds. The molecule has 0 aliphatic rings. The Labute approximate surface area is 93.0 Å². The summed E-state index contributed by atoms with van der Waals surface area (Å²) in [5.41, 5.74) is 0.473. The number of hydrogen-bond donors (Lipinski definition) is 0. The molecular formula is C12H18FOSi. The van der Waals surface area contributed by atoms with E-state index < -0.39 is 9.04 Å². The van der Waals surface area contributed by atoms with Gasteiger partial charge in [-0.15, -0.1) is 0 Å². The highest BCUT2D eigenvalue weighted by Crippen LogP contribution is 2.26. The second-order valence-electron chi connectivity index (χ2n) is 4.56. The van der Waals surface area contributed by atoms with Crippen LogP contribution < -0.4 is 0 Å². The second-order valence-corrected chi connectivity index (χ2v) is 6.67. The first-order chi connectivity index (χ1) is 6.93. The molecule has 0 aliphatic carbocycles. The highest BCUT2D eigenvalue weighted by Gasteiger charge is 2.24. The summed E-state index contributed by atoms with van der Waals surface area (Å²) in [6.07, 6.45) is 0. The van der Waals surface area contributed by atoms with Crippen LogP contribution in [-0.4, -0.2) is 15.6 Å². The summed E-state index contributed by atoms with van der Waals surface area (Å²) < 4.78 is 19.2. The number of hydrogen-bond acceptors (Lipinski definition) is 1. The summed E-state index contributed by atoms with van der Waals surface area (Å²) in [5.74, 6) is -0.146. The molecule has 1 aromatic rings. The van der Waals surface area contributed by atoms with E-state index in [1.165, 1.54) is 6.07 Å². The fourth-order valence-corrected chi connectivity index (χ4v) is 2.06. The molecule has 83 valence electrons. The molecule has 3 heteroatoms. The minimum absolute atomic E-state index is 0.146. The maximum absolute atomic E-state index is 13.6. The van der Waals surface area contributed by atoms with Gasteiger partial charge in [0.05, 0.1) is 0 Å². The van der Waals surface area contributed by atoms with Crippen molar-refractivity contribution in [2.45, 2.75) is 32.4 Å². The largest absolute Gasteiger partial charge is 0.416 e. The van der Waals surface area contributed by atoms with Gasteiger partial charge >= 0.3 is 0 Å². The first kappa shape index (κ1) is 12.4. The molecule has 0 saturated carbocycles. The maximum Gasteiger partial charge on any atom is 0.204 e. The molecule has 0 fully saturated rings. The predicted molar refractivity (Wildman–Crippen MR) is 62.9 cm³/mol. The average molecular weight is 225 g/mol. The lowest BCUT2D eigenvalue weighted by molar-refractivity contribution is 0.240. The first-order valence-corrected chi connectivity index (χ1v) is 7.52. The van der Waals surface area contributed by atoms with Crippen molar-refractivity contribution < 1.29 is 8.82 Å². The SMILES string of the molecule is C[Si](C)OCC(C)(C)c1ccccc1F. The lowest BCUT2D eigenvalue weighted by atomic mass is 9.85. The molecule has 1 rings (SSSR count). The third-order valence-electron chi connectivity index (χ3n) is 2.32. The van der Waals surface area contributed by atoms with Crippen LogP contribution in [0.25, 0.3) is 0 Å². The van der Waals surface area contributed by atoms with Crippen molar-refractivity contribution in [1.29, 1.82) is 0 Å². The third kappa shape index (κ3) is 3.43. The summed E-state index contributed by atoms with van der Waals surface area (Å²) in [5, 5.41) is 0. The number of benzene rings is 1. The van der Waals surface area contributed by atoms with Crippen molar-refractivity contribution in [3.8, 4) is 0 Å². The summed E-state index contributed by atoms with van der Waals surface area (Å²) >= 11 is 0. The second kappa shape index (κ2) is 4.90. The normalized spacial score (nSPS) is 12.1. The minimum atomic E-state index is -0.710. The van der Waals surface area contributed by atoms with Crippen molar-refractivity contribution in [1.82, 2.24) is 0 Å². The predicted octanol–water partition coefficient (Wildman–Crippen LogP) is 3.37. The number of rotatable bonds is 4. The highest BCUT2D eigenvalue weighted by atomic mass is 28.3. The Morgan fingerprint density at radius 1 is 1.27 bits per heavy atom. The molecule has 0 aliphatic heterocycles. The zero-order chi connectivity index (χ0) is 11.5. The Bertz CT molecular complexity index is 323. The van der Waals surface area contributed by atoms with E-state index in [0.29, 0.717) is 6.61 Å². The molecule has 0 bridgehead atoms. The van der Waals surface area contributed by atoms with E-state index in [2.05, 4.69) is 13.1 Å². The average Bonchev–Trinajstić information content (AvgIpc) is 2.15. The Balaban J connectivity index is 2.81. The minimum Gasteiger partial charge on any atom is -0.416 e. The van der Waals surface area contributed by atoms with Crippen molar-refractivity contribution >= 4 is 9.04 Å². The Hall–Kier alpha value is -0.673. The summed E-state index contributed by atoms with van der Waals surface area (Å²) in [4.78, 5) is 0. The van der Waals surface area contributed by atoms with Gasteiger partial charge in [0.2, 0.25) is 9.04 Å². The van der Waals surface area contributed by atoms with Gasteiger partial charge in [-0.05, 0) is 24.7 Å². The quantitative estimate of drug-likeness (QED) is 0.714. The van der Waals surface area contributed by atoms with Crippen LogP contribution in [0.15, 0.2) is 24.3 Å². The van der Waals surface area contributed by atoms with Crippen LogP contribution in [0.3, 0.4) is 0 Å². The van der Waals surface area contributed by atoms with E-state index in [-0.39, 0.29) is 11.2 Å². The number of halogens is 1.